The zero-order valence-electron chi connectivity index (χ0n) is 14.0. The van der Waals surface area contributed by atoms with E-state index < -0.39 is 5.54 Å². The summed E-state index contributed by atoms with van der Waals surface area (Å²) in [6, 6.07) is 0. The lowest BCUT2D eigenvalue weighted by Gasteiger charge is -2.47. The molecule has 0 amide bonds. The number of esters is 1. The molecule has 0 aromatic heterocycles. The Morgan fingerprint density at radius 1 is 1.38 bits per heavy atom. The van der Waals surface area contributed by atoms with Crippen LogP contribution in [0.15, 0.2) is 0 Å². The SMILES string of the molecule is CCOC(=O)C1(NCC2CCCO2)CCC(C)(C)CC1C. The second-order valence-corrected chi connectivity index (χ2v) is 7.48. The van der Waals surface area contributed by atoms with E-state index in [4.69, 9.17) is 9.47 Å². The maximum absolute atomic E-state index is 12.6. The molecule has 4 heteroatoms. The van der Waals surface area contributed by atoms with Crippen molar-refractivity contribution in [1.29, 1.82) is 0 Å². The van der Waals surface area contributed by atoms with Gasteiger partial charge in [-0.2, -0.15) is 0 Å². The van der Waals surface area contributed by atoms with Crippen LogP contribution in [-0.2, 0) is 14.3 Å². The molecule has 0 aromatic rings. The van der Waals surface area contributed by atoms with Crippen molar-refractivity contribution in [3.8, 4) is 0 Å². The first-order valence-corrected chi connectivity index (χ1v) is 8.43. The highest BCUT2D eigenvalue weighted by molar-refractivity contribution is 5.81. The molecule has 4 nitrogen and oxygen atoms in total. The Balaban J connectivity index is 2.08. The van der Waals surface area contributed by atoms with Crippen LogP contribution in [0.25, 0.3) is 0 Å². The van der Waals surface area contributed by atoms with E-state index in [9.17, 15) is 4.79 Å². The van der Waals surface area contributed by atoms with Gasteiger partial charge in [0.05, 0.1) is 12.7 Å². The third kappa shape index (κ3) is 3.78. The highest BCUT2D eigenvalue weighted by Crippen LogP contribution is 2.44. The average molecular weight is 297 g/mol. The number of carbonyl (C=O) groups is 1. The molecule has 2 aliphatic rings. The number of nitrogens with one attached hydrogen (secondary N) is 1. The van der Waals surface area contributed by atoms with Gasteiger partial charge in [0.15, 0.2) is 0 Å². The Kier molecular flexibility index (Phi) is 5.31. The van der Waals surface area contributed by atoms with E-state index in [0.29, 0.717) is 12.0 Å². The van der Waals surface area contributed by atoms with Gasteiger partial charge >= 0.3 is 5.97 Å². The lowest BCUT2D eigenvalue weighted by molar-refractivity contribution is -0.157. The van der Waals surface area contributed by atoms with Crippen LogP contribution in [-0.4, -0.2) is 37.4 Å². The van der Waals surface area contributed by atoms with Crippen molar-refractivity contribution >= 4 is 5.97 Å². The van der Waals surface area contributed by atoms with Gasteiger partial charge in [-0.3, -0.25) is 10.1 Å². The van der Waals surface area contributed by atoms with E-state index in [1.165, 1.54) is 0 Å². The smallest absolute Gasteiger partial charge is 0.326 e. The molecule has 122 valence electrons. The molecule has 1 heterocycles. The predicted molar refractivity (Wildman–Crippen MR) is 83.1 cm³/mol. The van der Waals surface area contributed by atoms with Crippen LogP contribution in [0.5, 0.6) is 0 Å². The summed E-state index contributed by atoms with van der Waals surface area (Å²) < 4.78 is 11.1. The van der Waals surface area contributed by atoms with Crippen LogP contribution in [0.3, 0.4) is 0 Å². The number of hydrogen-bond acceptors (Lipinski definition) is 4. The first kappa shape index (κ1) is 16.8. The first-order valence-electron chi connectivity index (χ1n) is 8.43. The molecule has 1 aliphatic heterocycles. The molecule has 0 spiro atoms. The van der Waals surface area contributed by atoms with E-state index in [-0.39, 0.29) is 18.0 Å². The minimum atomic E-state index is -0.530. The van der Waals surface area contributed by atoms with Crippen molar-refractivity contribution in [3.05, 3.63) is 0 Å². The van der Waals surface area contributed by atoms with Crippen molar-refractivity contribution in [2.45, 2.75) is 71.4 Å². The topological polar surface area (TPSA) is 47.6 Å². The largest absolute Gasteiger partial charge is 0.465 e. The molecule has 21 heavy (non-hydrogen) atoms. The summed E-state index contributed by atoms with van der Waals surface area (Å²) in [5.74, 6) is 0.202. The van der Waals surface area contributed by atoms with Crippen molar-refractivity contribution in [1.82, 2.24) is 5.32 Å². The molecular weight excluding hydrogens is 266 g/mol. The highest BCUT2D eigenvalue weighted by atomic mass is 16.5. The van der Waals surface area contributed by atoms with Gasteiger partial charge in [0.1, 0.15) is 5.54 Å². The number of hydrogen-bond donors (Lipinski definition) is 1. The minimum Gasteiger partial charge on any atom is -0.465 e. The van der Waals surface area contributed by atoms with Gasteiger partial charge in [0.2, 0.25) is 0 Å². The Morgan fingerprint density at radius 2 is 2.14 bits per heavy atom. The normalized spacial score (nSPS) is 35.6. The maximum Gasteiger partial charge on any atom is 0.326 e. The molecule has 2 rings (SSSR count). The molecule has 0 radical (unpaired) electrons. The summed E-state index contributed by atoms with van der Waals surface area (Å²) in [4.78, 5) is 12.6. The molecule has 1 aliphatic carbocycles. The van der Waals surface area contributed by atoms with Gasteiger partial charge in [-0.15, -0.1) is 0 Å². The van der Waals surface area contributed by atoms with Gasteiger partial charge in [0, 0.05) is 13.2 Å². The summed E-state index contributed by atoms with van der Waals surface area (Å²) in [6.07, 6.45) is 5.41. The van der Waals surface area contributed by atoms with Crippen molar-refractivity contribution in [2.75, 3.05) is 19.8 Å². The summed E-state index contributed by atoms with van der Waals surface area (Å²) in [6.45, 7) is 10.7. The zero-order valence-corrected chi connectivity index (χ0v) is 14.0. The van der Waals surface area contributed by atoms with Crippen molar-refractivity contribution in [2.24, 2.45) is 11.3 Å². The fourth-order valence-corrected chi connectivity index (χ4v) is 3.89. The summed E-state index contributed by atoms with van der Waals surface area (Å²) in [7, 11) is 0. The Labute approximate surface area is 129 Å². The lowest BCUT2D eigenvalue weighted by atomic mass is 9.63. The van der Waals surface area contributed by atoms with Crippen LogP contribution in [0.4, 0.5) is 0 Å². The van der Waals surface area contributed by atoms with E-state index >= 15 is 0 Å². The molecule has 2 fully saturated rings. The van der Waals surface area contributed by atoms with Gasteiger partial charge in [0.25, 0.3) is 0 Å². The van der Waals surface area contributed by atoms with Crippen molar-refractivity contribution in [3.63, 3.8) is 0 Å². The molecule has 1 saturated heterocycles. The van der Waals surface area contributed by atoms with Crippen LogP contribution < -0.4 is 5.32 Å². The Morgan fingerprint density at radius 3 is 2.71 bits per heavy atom. The zero-order chi connectivity index (χ0) is 15.5. The van der Waals surface area contributed by atoms with Crippen LogP contribution >= 0.6 is 0 Å². The fraction of sp³-hybridized carbons (Fsp3) is 0.941. The summed E-state index contributed by atoms with van der Waals surface area (Å²) in [5, 5.41) is 3.55. The fourth-order valence-electron chi connectivity index (χ4n) is 3.89. The molecule has 0 aromatic carbocycles. The van der Waals surface area contributed by atoms with E-state index in [0.717, 1.165) is 45.3 Å². The number of carbonyl (C=O) groups excluding carboxylic acids is 1. The molecular formula is C17H31NO3. The summed E-state index contributed by atoms with van der Waals surface area (Å²) >= 11 is 0. The molecule has 0 bridgehead atoms. The van der Waals surface area contributed by atoms with E-state index in [2.05, 4.69) is 26.1 Å². The third-order valence-electron chi connectivity index (χ3n) is 5.21. The van der Waals surface area contributed by atoms with Gasteiger partial charge < -0.3 is 9.47 Å². The second-order valence-electron chi connectivity index (χ2n) is 7.48. The predicted octanol–water partition coefficient (Wildman–Crippen LogP) is 2.90. The Hall–Kier alpha value is -0.610. The molecule has 1 N–H and O–H groups in total. The van der Waals surface area contributed by atoms with E-state index in [1.807, 2.05) is 6.92 Å². The third-order valence-corrected chi connectivity index (χ3v) is 5.21. The average Bonchev–Trinajstić information content (AvgIpc) is 2.91. The molecule has 3 atom stereocenters. The van der Waals surface area contributed by atoms with E-state index in [1.54, 1.807) is 0 Å². The van der Waals surface area contributed by atoms with Crippen molar-refractivity contribution < 1.29 is 14.3 Å². The van der Waals surface area contributed by atoms with Crippen LogP contribution in [0.2, 0.25) is 0 Å². The van der Waals surface area contributed by atoms with Crippen LogP contribution in [0.1, 0.15) is 59.8 Å². The standard InChI is InChI=1S/C17H31NO3/c1-5-20-15(19)17(18-12-14-7-6-10-21-14)9-8-16(3,4)11-13(17)2/h13-14,18H,5-12H2,1-4H3. The second kappa shape index (κ2) is 6.66. The number of ether oxygens (including phenoxy) is 2. The minimum absolute atomic E-state index is 0.0778. The first-order chi connectivity index (χ1) is 9.89. The maximum atomic E-state index is 12.6. The monoisotopic (exact) mass is 297 g/mol. The molecule has 1 saturated carbocycles. The van der Waals surface area contributed by atoms with Crippen LogP contribution in [0, 0.1) is 11.3 Å². The van der Waals surface area contributed by atoms with Gasteiger partial charge in [-0.25, -0.2) is 0 Å². The quantitative estimate of drug-likeness (QED) is 0.793. The summed E-state index contributed by atoms with van der Waals surface area (Å²) in [5.41, 5.74) is -0.224. The number of rotatable bonds is 5. The van der Waals surface area contributed by atoms with Gasteiger partial charge in [-0.1, -0.05) is 20.8 Å². The highest BCUT2D eigenvalue weighted by Gasteiger charge is 2.50. The lowest BCUT2D eigenvalue weighted by Crippen LogP contribution is -2.61. The molecule has 3 unspecified atom stereocenters. The Bertz CT molecular complexity index is 363. The van der Waals surface area contributed by atoms with Gasteiger partial charge in [-0.05, 0) is 50.4 Å².